The highest BCUT2D eigenvalue weighted by Crippen LogP contribution is 2.29. The Morgan fingerprint density at radius 2 is 1.69 bits per heavy atom. The van der Waals surface area contributed by atoms with Gasteiger partial charge in [0, 0.05) is 25.2 Å². The minimum absolute atomic E-state index is 0.0672. The summed E-state index contributed by atoms with van der Waals surface area (Å²) in [5.74, 6) is 0. The van der Waals surface area contributed by atoms with Crippen molar-refractivity contribution in [3.05, 3.63) is 28.3 Å². The second-order valence-corrected chi connectivity index (χ2v) is 8.40. The Morgan fingerprint density at radius 1 is 1.00 bits per heavy atom. The molecule has 2 atom stereocenters. The summed E-state index contributed by atoms with van der Waals surface area (Å²) in [6.07, 6.45) is 8.39. The standard InChI is InChI=1S/C21H37N3O5/c1-23(19(25)4-3-5-21(27)28)17-10-6-15(7-11-17)14-20(26)24(2)18-12-8-16(22-29)9-13-18/h6,10,16,18-21,25-28H,3-5,7-9,11-14H2,1-2H3. The normalized spacial score (nSPS) is 24.8. The Morgan fingerprint density at radius 3 is 2.24 bits per heavy atom. The number of hydrogen-bond acceptors (Lipinski definition) is 8. The van der Waals surface area contributed by atoms with Crippen LogP contribution in [0.15, 0.2) is 28.6 Å². The van der Waals surface area contributed by atoms with Crippen LogP contribution in [0.5, 0.6) is 0 Å². The van der Waals surface area contributed by atoms with E-state index in [4.69, 9.17) is 10.2 Å². The van der Waals surface area contributed by atoms with E-state index in [1.807, 2.05) is 36.0 Å². The van der Waals surface area contributed by atoms with Gasteiger partial charge in [0.25, 0.3) is 0 Å². The zero-order chi connectivity index (χ0) is 21.4. The zero-order valence-electron chi connectivity index (χ0n) is 17.7. The first-order chi connectivity index (χ1) is 13.8. The lowest BCUT2D eigenvalue weighted by Crippen LogP contribution is -2.42. The lowest BCUT2D eigenvalue weighted by atomic mass is 9.90. The molecule has 0 amide bonds. The van der Waals surface area contributed by atoms with Gasteiger partial charge in [-0.15, -0.1) is 0 Å². The lowest BCUT2D eigenvalue weighted by Gasteiger charge is -2.36. The fourth-order valence-corrected chi connectivity index (χ4v) is 4.19. The van der Waals surface area contributed by atoms with Crippen LogP contribution >= 0.6 is 0 Å². The molecule has 0 heterocycles. The molecule has 0 aromatic heterocycles. The van der Waals surface area contributed by atoms with Crippen molar-refractivity contribution in [3.8, 4) is 0 Å². The van der Waals surface area contributed by atoms with Crippen LogP contribution in [0.3, 0.4) is 0 Å². The predicted molar refractivity (Wildman–Crippen MR) is 111 cm³/mol. The molecule has 1 saturated carbocycles. The molecule has 8 heteroatoms. The molecule has 166 valence electrons. The summed E-state index contributed by atoms with van der Waals surface area (Å²) in [7, 11) is 3.79. The van der Waals surface area contributed by atoms with Gasteiger partial charge in [-0.2, -0.15) is 4.91 Å². The first-order valence-corrected chi connectivity index (χ1v) is 10.7. The van der Waals surface area contributed by atoms with E-state index in [0.717, 1.165) is 44.2 Å². The van der Waals surface area contributed by atoms with Crippen LogP contribution in [0.1, 0.15) is 64.2 Å². The summed E-state index contributed by atoms with van der Waals surface area (Å²) in [4.78, 5) is 14.5. The molecule has 2 unspecified atom stereocenters. The van der Waals surface area contributed by atoms with Crippen molar-refractivity contribution in [2.75, 3.05) is 14.1 Å². The molecule has 0 saturated heterocycles. The summed E-state index contributed by atoms with van der Waals surface area (Å²) < 4.78 is 0. The number of aliphatic hydroxyl groups excluding tert-OH is 3. The van der Waals surface area contributed by atoms with Gasteiger partial charge in [0.2, 0.25) is 0 Å². The summed E-state index contributed by atoms with van der Waals surface area (Å²) in [5, 5.41) is 41.9. The van der Waals surface area contributed by atoms with Crippen molar-refractivity contribution in [1.82, 2.24) is 9.80 Å². The monoisotopic (exact) mass is 411 g/mol. The summed E-state index contributed by atoms with van der Waals surface area (Å²) >= 11 is 0. The Balaban J connectivity index is 1.81. The van der Waals surface area contributed by atoms with Crippen molar-refractivity contribution < 1.29 is 20.4 Å². The van der Waals surface area contributed by atoms with Gasteiger partial charge in [-0.05, 0) is 70.9 Å². The molecule has 0 aromatic rings. The first-order valence-electron chi connectivity index (χ1n) is 10.7. The maximum atomic E-state index is 10.7. The van der Waals surface area contributed by atoms with Gasteiger partial charge in [-0.25, -0.2) is 0 Å². The molecule has 1 fully saturated rings. The van der Waals surface area contributed by atoms with Crippen LogP contribution in [-0.4, -0.2) is 75.2 Å². The maximum absolute atomic E-state index is 10.7. The van der Waals surface area contributed by atoms with Crippen molar-refractivity contribution in [3.63, 3.8) is 0 Å². The Kier molecular flexibility index (Phi) is 9.71. The van der Waals surface area contributed by atoms with Crippen molar-refractivity contribution in [1.29, 1.82) is 0 Å². The highest BCUT2D eigenvalue weighted by atomic mass is 16.5. The quantitative estimate of drug-likeness (QED) is 0.304. The van der Waals surface area contributed by atoms with Crippen LogP contribution in [-0.2, 0) is 0 Å². The van der Waals surface area contributed by atoms with Crippen molar-refractivity contribution in [2.24, 2.45) is 5.18 Å². The third kappa shape index (κ3) is 7.46. The zero-order valence-corrected chi connectivity index (χ0v) is 17.7. The van der Waals surface area contributed by atoms with Gasteiger partial charge in [0.1, 0.15) is 12.5 Å². The molecule has 2 aliphatic carbocycles. The maximum Gasteiger partial charge on any atom is 0.151 e. The topological polar surface area (TPSA) is 117 Å². The molecule has 0 spiro atoms. The van der Waals surface area contributed by atoms with Gasteiger partial charge >= 0.3 is 0 Å². The minimum atomic E-state index is -1.33. The fourth-order valence-electron chi connectivity index (χ4n) is 4.19. The molecular weight excluding hydrogens is 374 g/mol. The Bertz CT molecular complexity index is 573. The Labute approximate surface area is 173 Å². The molecule has 0 aliphatic heterocycles. The number of aliphatic hydroxyl groups is 4. The highest BCUT2D eigenvalue weighted by Gasteiger charge is 2.28. The minimum Gasteiger partial charge on any atom is -0.378 e. The second-order valence-electron chi connectivity index (χ2n) is 8.40. The predicted octanol–water partition coefficient (Wildman–Crippen LogP) is 2.04. The largest absolute Gasteiger partial charge is 0.378 e. The van der Waals surface area contributed by atoms with E-state index in [0.29, 0.717) is 19.3 Å². The molecule has 2 aliphatic rings. The van der Waals surface area contributed by atoms with E-state index in [9.17, 15) is 15.1 Å². The number of hydrogen-bond donors (Lipinski definition) is 4. The SMILES string of the molecule is CN(C1=CC=C(CC(O)N(C)C2CCC(N=O)CC2)CC1)C(O)CCCC(O)O. The third-order valence-electron chi connectivity index (χ3n) is 6.34. The summed E-state index contributed by atoms with van der Waals surface area (Å²) in [6.45, 7) is 0. The number of allylic oxidation sites excluding steroid dienone is 3. The number of rotatable bonds is 11. The molecule has 4 N–H and O–H groups in total. The van der Waals surface area contributed by atoms with Gasteiger partial charge < -0.3 is 25.3 Å². The lowest BCUT2D eigenvalue weighted by molar-refractivity contribution is -0.0510. The van der Waals surface area contributed by atoms with Crippen LogP contribution in [0.25, 0.3) is 0 Å². The average molecular weight is 412 g/mol. The van der Waals surface area contributed by atoms with E-state index < -0.39 is 18.7 Å². The molecule has 0 radical (unpaired) electrons. The second kappa shape index (κ2) is 11.8. The number of nitrogens with zero attached hydrogens (tertiary/aromatic N) is 3. The van der Waals surface area contributed by atoms with Crippen LogP contribution < -0.4 is 0 Å². The van der Waals surface area contributed by atoms with Crippen LogP contribution in [0.2, 0.25) is 0 Å². The Hall–Kier alpha value is -1.32. The fraction of sp³-hybridized carbons (Fsp3) is 0.810. The summed E-state index contributed by atoms with van der Waals surface area (Å²) in [6, 6.07) is 0.222. The smallest absolute Gasteiger partial charge is 0.151 e. The van der Waals surface area contributed by atoms with Crippen LogP contribution in [0.4, 0.5) is 0 Å². The van der Waals surface area contributed by atoms with E-state index >= 15 is 0 Å². The van der Waals surface area contributed by atoms with E-state index in [1.54, 1.807) is 0 Å². The summed E-state index contributed by atoms with van der Waals surface area (Å²) in [5.41, 5.74) is 2.22. The highest BCUT2D eigenvalue weighted by molar-refractivity contribution is 5.23. The molecule has 29 heavy (non-hydrogen) atoms. The van der Waals surface area contributed by atoms with E-state index in [2.05, 4.69) is 5.18 Å². The van der Waals surface area contributed by atoms with Gasteiger partial charge in [0.05, 0.1) is 6.04 Å². The molecule has 0 bridgehead atoms. The first kappa shape index (κ1) is 24.0. The van der Waals surface area contributed by atoms with Crippen LogP contribution in [0, 0.1) is 4.91 Å². The van der Waals surface area contributed by atoms with Gasteiger partial charge in [0.15, 0.2) is 6.29 Å². The molecule has 8 nitrogen and oxygen atoms in total. The molecule has 0 aromatic carbocycles. The van der Waals surface area contributed by atoms with Gasteiger partial charge in [-0.3, -0.25) is 4.90 Å². The number of nitroso groups, excluding NO2 is 1. The van der Waals surface area contributed by atoms with E-state index in [1.165, 1.54) is 5.57 Å². The van der Waals surface area contributed by atoms with Gasteiger partial charge in [-0.1, -0.05) is 16.8 Å². The molecule has 2 rings (SSSR count). The third-order valence-corrected chi connectivity index (χ3v) is 6.34. The van der Waals surface area contributed by atoms with Crippen molar-refractivity contribution in [2.45, 2.75) is 95.0 Å². The average Bonchev–Trinajstić information content (AvgIpc) is 2.73. The van der Waals surface area contributed by atoms with E-state index in [-0.39, 0.29) is 18.5 Å². The van der Waals surface area contributed by atoms with Crippen molar-refractivity contribution >= 4 is 0 Å². The molecular formula is C21H37N3O5.